The standard InChI is InChI=1S/C11H19N/c1-10(2)9-8(12-3)5-4-7-6-11(7,9)10/h7-9,12H,4-6H2,1-3H3/t7?,8?,9-,11?/m1/s1. The molecule has 68 valence electrons. The van der Waals surface area contributed by atoms with E-state index in [0.29, 0.717) is 5.41 Å². The third kappa shape index (κ3) is 0.527. The SMILES string of the molecule is CNC1CCC2CC23[C@H]1C3(C)C. The van der Waals surface area contributed by atoms with E-state index in [-0.39, 0.29) is 0 Å². The number of hydrogen-bond acceptors (Lipinski definition) is 1. The molecule has 0 saturated heterocycles. The normalized spacial score (nSPS) is 58.8. The predicted molar refractivity (Wildman–Crippen MR) is 49.9 cm³/mol. The molecule has 3 fully saturated rings. The fraction of sp³-hybridized carbons (Fsp3) is 1.00. The quantitative estimate of drug-likeness (QED) is 0.627. The van der Waals surface area contributed by atoms with Gasteiger partial charge < -0.3 is 5.32 Å². The monoisotopic (exact) mass is 165 g/mol. The van der Waals surface area contributed by atoms with Crippen molar-refractivity contribution in [1.29, 1.82) is 0 Å². The average Bonchev–Trinajstić information content (AvgIpc) is 2.85. The van der Waals surface area contributed by atoms with Gasteiger partial charge in [0.2, 0.25) is 0 Å². The summed E-state index contributed by atoms with van der Waals surface area (Å²) in [5.41, 5.74) is 1.49. The first-order valence-corrected chi connectivity index (χ1v) is 5.32. The van der Waals surface area contributed by atoms with Crippen LogP contribution in [0.4, 0.5) is 0 Å². The van der Waals surface area contributed by atoms with E-state index in [1.165, 1.54) is 12.8 Å². The zero-order valence-corrected chi connectivity index (χ0v) is 8.35. The van der Waals surface area contributed by atoms with Crippen LogP contribution in [0.15, 0.2) is 0 Å². The molecule has 0 aromatic carbocycles. The summed E-state index contributed by atoms with van der Waals surface area (Å²) in [6.07, 6.45) is 4.46. The predicted octanol–water partition coefficient (Wildman–Crippen LogP) is 2.03. The zero-order valence-electron chi connectivity index (χ0n) is 8.35. The van der Waals surface area contributed by atoms with Crippen molar-refractivity contribution < 1.29 is 0 Å². The Morgan fingerprint density at radius 3 is 2.67 bits per heavy atom. The van der Waals surface area contributed by atoms with Crippen LogP contribution in [0.25, 0.3) is 0 Å². The summed E-state index contributed by atoms with van der Waals surface area (Å²) in [6.45, 7) is 4.96. The first-order valence-electron chi connectivity index (χ1n) is 5.32. The Morgan fingerprint density at radius 1 is 1.25 bits per heavy atom. The van der Waals surface area contributed by atoms with Gasteiger partial charge >= 0.3 is 0 Å². The van der Waals surface area contributed by atoms with Crippen molar-refractivity contribution in [3.8, 4) is 0 Å². The van der Waals surface area contributed by atoms with Gasteiger partial charge in [0.25, 0.3) is 0 Å². The minimum absolute atomic E-state index is 0.668. The summed E-state index contributed by atoms with van der Waals surface area (Å²) in [5, 5.41) is 3.50. The third-order valence-corrected chi connectivity index (χ3v) is 5.20. The molecule has 3 unspecified atom stereocenters. The van der Waals surface area contributed by atoms with Crippen LogP contribution in [0.2, 0.25) is 0 Å². The fourth-order valence-electron chi connectivity index (χ4n) is 4.53. The molecule has 0 aromatic rings. The van der Waals surface area contributed by atoms with Crippen molar-refractivity contribution >= 4 is 0 Å². The maximum atomic E-state index is 3.50. The molecule has 0 aliphatic heterocycles. The van der Waals surface area contributed by atoms with Gasteiger partial charge in [-0.15, -0.1) is 0 Å². The Bertz CT molecular complexity index is 233. The molecule has 3 aliphatic rings. The lowest BCUT2D eigenvalue weighted by molar-refractivity contribution is 0.361. The van der Waals surface area contributed by atoms with Crippen LogP contribution in [0.5, 0.6) is 0 Å². The van der Waals surface area contributed by atoms with E-state index in [2.05, 4.69) is 26.2 Å². The minimum atomic E-state index is 0.668. The molecule has 0 radical (unpaired) electrons. The van der Waals surface area contributed by atoms with E-state index in [1.54, 1.807) is 6.42 Å². The lowest BCUT2D eigenvalue weighted by Crippen LogP contribution is -2.31. The first-order chi connectivity index (χ1) is 5.64. The fourth-order valence-corrected chi connectivity index (χ4v) is 4.53. The second kappa shape index (κ2) is 1.75. The Labute approximate surface area is 74.9 Å². The summed E-state index contributed by atoms with van der Waals surface area (Å²) in [4.78, 5) is 0. The summed E-state index contributed by atoms with van der Waals surface area (Å²) in [6, 6.07) is 0.832. The summed E-state index contributed by atoms with van der Waals surface area (Å²) >= 11 is 0. The van der Waals surface area contributed by atoms with Crippen molar-refractivity contribution in [3.05, 3.63) is 0 Å². The second-order valence-electron chi connectivity index (χ2n) is 5.61. The van der Waals surface area contributed by atoms with Gasteiger partial charge in [-0.2, -0.15) is 0 Å². The molecule has 0 bridgehead atoms. The van der Waals surface area contributed by atoms with Gasteiger partial charge in [-0.1, -0.05) is 13.8 Å². The maximum Gasteiger partial charge on any atom is 0.0103 e. The number of nitrogens with one attached hydrogen (secondary N) is 1. The van der Waals surface area contributed by atoms with E-state index in [4.69, 9.17) is 0 Å². The van der Waals surface area contributed by atoms with E-state index in [1.807, 2.05) is 0 Å². The summed E-state index contributed by atoms with van der Waals surface area (Å²) in [7, 11) is 2.13. The van der Waals surface area contributed by atoms with Crippen LogP contribution in [0.1, 0.15) is 33.1 Å². The molecular formula is C11H19N. The molecule has 0 aromatic heterocycles. The molecule has 1 nitrogen and oxygen atoms in total. The average molecular weight is 165 g/mol. The molecule has 3 saturated carbocycles. The van der Waals surface area contributed by atoms with E-state index < -0.39 is 0 Å². The summed E-state index contributed by atoms with van der Waals surface area (Å²) < 4.78 is 0. The van der Waals surface area contributed by atoms with Crippen LogP contribution in [0.3, 0.4) is 0 Å². The van der Waals surface area contributed by atoms with Gasteiger partial charge in [-0.05, 0) is 49.0 Å². The van der Waals surface area contributed by atoms with Crippen molar-refractivity contribution in [2.45, 2.75) is 39.2 Å². The molecule has 12 heavy (non-hydrogen) atoms. The number of hydrogen-bond donors (Lipinski definition) is 1. The third-order valence-electron chi connectivity index (χ3n) is 5.20. The molecule has 1 N–H and O–H groups in total. The molecule has 0 amide bonds. The molecule has 1 heteroatoms. The highest BCUT2D eigenvalue weighted by molar-refractivity contribution is 5.33. The molecule has 3 aliphatic carbocycles. The lowest BCUT2D eigenvalue weighted by Gasteiger charge is -2.20. The van der Waals surface area contributed by atoms with Crippen molar-refractivity contribution in [3.63, 3.8) is 0 Å². The maximum absolute atomic E-state index is 3.50. The van der Waals surface area contributed by atoms with Gasteiger partial charge in [-0.3, -0.25) is 0 Å². The minimum Gasteiger partial charge on any atom is -0.317 e. The highest BCUT2D eigenvalue weighted by atomic mass is 15.0. The van der Waals surface area contributed by atoms with Gasteiger partial charge in [0.1, 0.15) is 0 Å². The van der Waals surface area contributed by atoms with E-state index >= 15 is 0 Å². The van der Waals surface area contributed by atoms with Crippen molar-refractivity contribution in [2.75, 3.05) is 7.05 Å². The molecular weight excluding hydrogens is 146 g/mol. The Hall–Kier alpha value is -0.0400. The highest BCUT2D eigenvalue weighted by Gasteiger charge is 2.84. The van der Waals surface area contributed by atoms with Crippen LogP contribution >= 0.6 is 0 Å². The highest BCUT2D eigenvalue weighted by Crippen LogP contribution is 2.88. The first kappa shape index (κ1) is 7.37. The molecule has 3 rings (SSSR count). The van der Waals surface area contributed by atoms with Crippen molar-refractivity contribution in [2.24, 2.45) is 22.7 Å². The van der Waals surface area contributed by atoms with Gasteiger partial charge in [0, 0.05) is 6.04 Å². The zero-order chi connectivity index (χ0) is 8.56. The topological polar surface area (TPSA) is 12.0 Å². The Balaban J connectivity index is 1.91. The van der Waals surface area contributed by atoms with E-state index in [0.717, 1.165) is 23.3 Å². The Kier molecular flexibility index (Phi) is 1.07. The van der Waals surface area contributed by atoms with E-state index in [9.17, 15) is 0 Å². The van der Waals surface area contributed by atoms with Crippen LogP contribution < -0.4 is 5.32 Å². The van der Waals surface area contributed by atoms with Gasteiger partial charge in [0.05, 0.1) is 0 Å². The Morgan fingerprint density at radius 2 is 2.00 bits per heavy atom. The molecule has 4 atom stereocenters. The summed E-state index contributed by atoms with van der Waals surface area (Å²) in [5.74, 6) is 2.12. The smallest absolute Gasteiger partial charge is 0.0103 e. The largest absolute Gasteiger partial charge is 0.317 e. The van der Waals surface area contributed by atoms with Crippen LogP contribution in [-0.4, -0.2) is 13.1 Å². The van der Waals surface area contributed by atoms with Crippen LogP contribution in [-0.2, 0) is 0 Å². The second-order valence-corrected chi connectivity index (χ2v) is 5.61. The van der Waals surface area contributed by atoms with Crippen molar-refractivity contribution in [1.82, 2.24) is 5.32 Å². The van der Waals surface area contributed by atoms with Gasteiger partial charge in [0.15, 0.2) is 0 Å². The molecule has 0 heterocycles. The number of rotatable bonds is 1. The molecule has 1 spiro atoms. The van der Waals surface area contributed by atoms with Crippen LogP contribution in [0, 0.1) is 22.7 Å². The lowest BCUT2D eigenvalue weighted by atomic mass is 9.95. The van der Waals surface area contributed by atoms with Gasteiger partial charge in [-0.25, -0.2) is 0 Å².